The van der Waals surface area contributed by atoms with E-state index in [1.807, 2.05) is 60.7 Å². The summed E-state index contributed by atoms with van der Waals surface area (Å²) in [6.07, 6.45) is 0.762. The van der Waals surface area contributed by atoms with Crippen molar-refractivity contribution in [3.8, 4) is 5.75 Å². The fourth-order valence-electron chi connectivity index (χ4n) is 4.02. The summed E-state index contributed by atoms with van der Waals surface area (Å²) in [5.41, 5.74) is 19.0. The van der Waals surface area contributed by atoms with E-state index in [0.29, 0.717) is 19.4 Å². The number of nitrogens with zero attached hydrogens (tertiary/aromatic N) is 2. The van der Waals surface area contributed by atoms with Crippen molar-refractivity contribution in [3.63, 3.8) is 0 Å². The topological polar surface area (TPSA) is 148 Å². The Labute approximate surface area is 205 Å². The van der Waals surface area contributed by atoms with E-state index >= 15 is 0 Å². The Morgan fingerprint density at radius 1 is 0.829 bits per heavy atom. The lowest BCUT2D eigenvalue weighted by Gasteiger charge is -2.33. The molecule has 0 saturated heterocycles. The summed E-state index contributed by atoms with van der Waals surface area (Å²) in [5, 5.41) is 9.68. The number of primary amides is 1. The second-order valence-corrected chi connectivity index (χ2v) is 8.25. The predicted octanol–water partition coefficient (Wildman–Crippen LogP) is 2.46. The summed E-state index contributed by atoms with van der Waals surface area (Å²) in [6, 6.07) is 24.5. The van der Waals surface area contributed by atoms with Crippen LogP contribution < -0.4 is 17.2 Å². The number of rotatable bonds is 11. The van der Waals surface area contributed by atoms with Gasteiger partial charge >= 0.3 is 0 Å². The minimum Gasteiger partial charge on any atom is -0.508 e. The molecule has 0 radical (unpaired) electrons. The summed E-state index contributed by atoms with van der Waals surface area (Å²) in [5.74, 6) is -1.41. The van der Waals surface area contributed by atoms with Crippen LogP contribution in [0.15, 0.2) is 89.9 Å². The number of aliphatic imine (C=N–C) groups is 1. The average molecular weight is 474 g/mol. The van der Waals surface area contributed by atoms with E-state index < -0.39 is 17.9 Å². The van der Waals surface area contributed by atoms with E-state index in [1.165, 1.54) is 4.90 Å². The Morgan fingerprint density at radius 3 is 1.86 bits per heavy atom. The molecule has 8 nitrogen and oxygen atoms in total. The zero-order valence-corrected chi connectivity index (χ0v) is 19.5. The van der Waals surface area contributed by atoms with Crippen molar-refractivity contribution < 1.29 is 14.7 Å². The number of hydrogen-bond donors (Lipinski definition) is 4. The van der Waals surface area contributed by atoms with Gasteiger partial charge in [0, 0.05) is 13.1 Å². The van der Waals surface area contributed by atoms with Gasteiger partial charge in [-0.05, 0) is 41.7 Å². The molecule has 3 aromatic rings. The molecule has 0 fully saturated rings. The van der Waals surface area contributed by atoms with Crippen molar-refractivity contribution in [1.29, 1.82) is 0 Å². The number of aromatic hydroxyl groups is 1. The lowest BCUT2D eigenvalue weighted by atomic mass is 9.89. The van der Waals surface area contributed by atoms with Crippen LogP contribution in [0, 0.1) is 0 Å². The van der Waals surface area contributed by atoms with Crippen LogP contribution in [0.2, 0.25) is 0 Å². The van der Waals surface area contributed by atoms with Crippen LogP contribution in [-0.4, -0.2) is 40.4 Å². The van der Waals surface area contributed by atoms with Crippen LogP contribution in [0.1, 0.15) is 35.4 Å². The molecule has 1 atom stereocenters. The van der Waals surface area contributed by atoms with Gasteiger partial charge in [0.1, 0.15) is 11.8 Å². The Kier molecular flexibility index (Phi) is 8.83. The third kappa shape index (κ3) is 7.07. The molecule has 35 heavy (non-hydrogen) atoms. The molecule has 7 N–H and O–H groups in total. The fraction of sp³-hybridized carbons (Fsp3) is 0.222. The average Bonchev–Trinajstić information content (AvgIpc) is 2.85. The van der Waals surface area contributed by atoms with Crippen molar-refractivity contribution in [1.82, 2.24) is 4.90 Å². The second kappa shape index (κ2) is 12.2. The molecule has 0 aliphatic rings. The lowest BCUT2D eigenvalue weighted by molar-refractivity contribution is -0.140. The van der Waals surface area contributed by atoms with E-state index in [4.69, 9.17) is 17.2 Å². The van der Waals surface area contributed by atoms with E-state index in [2.05, 4.69) is 4.99 Å². The molecule has 0 bridgehead atoms. The van der Waals surface area contributed by atoms with Gasteiger partial charge in [0.15, 0.2) is 5.96 Å². The van der Waals surface area contributed by atoms with Crippen LogP contribution in [0.4, 0.5) is 0 Å². The molecule has 0 aromatic heterocycles. The minimum atomic E-state index is -0.875. The van der Waals surface area contributed by atoms with E-state index in [1.54, 1.807) is 24.3 Å². The highest BCUT2D eigenvalue weighted by Crippen LogP contribution is 2.29. The molecule has 3 rings (SSSR count). The molecular weight excluding hydrogens is 442 g/mol. The minimum absolute atomic E-state index is 0.0362. The number of nitrogens with two attached hydrogens (primary N) is 3. The number of phenolic OH excluding ortho intramolecular Hbond substituents is 1. The summed E-state index contributed by atoms with van der Waals surface area (Å²) in [6.45, 7) is 0.458. The first-order valence-electron chi connectivity index (χ1n) is 11.4. The molecule has 0 heterocycles. The van der Waals surface area contributed by atoms with Gasteiger partial charge in [0.2, 0.25) is 11.8 Å². The lowest BCUT2D eigenvalue weighted by Crippen LogP contribution is -2.49. The van der Waals surface area contributed by atoms with Crippen molar-refractivity contribution in [2.45, 2.75) is 31.3 Å². The number of carbonyl (C=O) groups excluding carboxylic acids is 2. The Balaban J connectivity index is 2.02. The number of guanidine groups is 1. The van der Waals surface area contributed by atoms with Crippen molar-refractivity contribution in [3.05, 3.63) is 102 Å². The second-order valence-electron chi connectivity index (χ2n) is 8.25. The maximum absolute atomic E-state index is 14.2. The molecule has 0 aliphatic carbocycles. The highest BCUT2D eigenvalue weighted by atomic mass is 16.3. The maximum atomic E-state index is 14.2. The molecular formula is C27H31N5O3. The summed E-state index contributed by atoms with van der Waals surface area (Å²) in [7, 11) is 0. The van der Waals surface area contributed by atoms with Gasteiger partial charge in [-0.2, -0.15) is 0 Å². The molecule has 0 saturated carbocycles. The number of amides is 2. The summed E-state index contributed by atoms with van der Waals surface area (Å²) in [4.78, 5) is 32.3. The molecule has 2 amide bonds. The van der Waals surface area contributed by atoms with Crippen LogP contribution in [0.25, 0.3) is 0 Å². The number of phenols is 1. The van der Waals surface area contributed by atoms with Gasteiger partial charge in [0.05, 0.1) is 5.92 Å². The van der Waals surface area contributed by atoms with Crippen molar-refractivity contribution in [2.75, 3.05) is 6.54 Å². The predicted molar refractivity (Wildman–Crippen MR) is 136 cm³/mol. The highest BCUT2D eigenvalue weighted by molar-refractivity contribution is 5.92. The van der Waals surface area contributed by atoms with Gasteiger partial charge in [-0.25, -0.2) is 0 Å². The summed E-state index contributed by atoms with van der Waals surface area (Å²) >= 11 is 0. The fourth-order valence-corrected chi connectivity index (χ4v) is 4.02. The van der Waals surface area contributed by atoms with Gasteiger partial charge in [0.25, 0.3) is 0 Å². The Bertz CT molecular complexity index is 1090. The molecule has 3 aromatic carbocycles. The molecule has 0 spiro atoms. The molecule has 0 unspecified atom stereocenters. The normalized spacial score (nSPS) is 11.6. The number of carbonyl (C=O) groups is 2. The molecule has 182 valence electrons. The van der Waals surface area contributed by atoms with Crippen molar-refractivity contribution in [2.24, 2.45) is 22.2 Å². The monoisotopic (exact) mass is 473 g/mol. The van der Waals surface area contributed by atoms with Crippen LogP contribution in [0.5, 0.6) is 5.75 Å². The first kappa shape index (κ1) is 25.3. The smallest absolute Gasteiger partial charge is 0.240 e. The Hall–Kier alpha value is -4.33. The third-order valence-corrected chi connectivity index (χ3v) is 5.72. The zero-order valence-electron chi connectivity index (χ0n) is 19.5. The van der Waals surface area contributed by atoms with Gasteiger partial charge in [-0.3, -0.25) is 14.6 Å². The van der Waals surface area contributed by atoms with E-state index in [-0.39, 0.29) is 24.2 Å². The van der Waals surface area contributed by atoms with Crippen LogP contribution in [-0.2, 0) is 16.1 Å². The largest absolute Gasteiger partial charge is 0.508 e. The van der Waals surface area contributed by atoms with Gasteiger partial charge in [-0.1, -0.05) is 72.8 Å². The first-order valence-corrected chi connectivity index (χ1v) is 11.4. The van der Waals surface area contributed by atoms with Gasteiger partial charge < -0.3 is 27.2 Å². The van der Waals surface area contributed by atoms with Crippen LogP contribution >= 0.6 is 0 Å². The van der Waals surface area contributed by atoms with Crippen molar-refractivity contribution >= 4 is 17.8 Å². The first-order chi connectivity index (χ1) is 16.9. The van der Waals surface area contributed by atoms with E-state index in [0.717, 1.165) is 16.7 Å². The number of benzene rings is 3. The molecule has 0 aliphatic heterocycles. The standard InChI is InChI=1S/C27H31N5O3/c28-25(34)23(12-7-17-31-27(29)30)32(18-19-13-15-22(33)16-14-19)26(35)24(20-8-3-1-4-9-20)21-10-5-2-6-11-21/h1-6,8-11,13-16,23-24,33H,7,12,17-18H2,(H2,28,34)(H4,29,30,31)/t23-/m1/s1. The quantitative estimate of drug-likeness (QED) is 0.192. The van der Waals surface area contributed by atoms with Gasteiger partial charge in [-0.15, -0.1) is 0 Å². The maximum Gasteiger partial charge on any atom is 0.240 e. The summed E-state index contributed by atoms with van der Waals surface area (Å²) < 4.78 is 0. The zero-order chi connectivity index (χ0) is 25.2. The molecule has 8 heteroatoms. The SMILES string of the molecule is NC(=O)[C@@H](CCCN=C(N)N)N(Cc1ccc(O)cc1)C(=O)C(c1ccccc1)c1ccccc1. The number of hydrogen-bond acceptors (Lipinski definition) is 4. The van der Waals surface area contributed by atoms with E-state index in [9.17, 15) is 14.7 Å². The van der Waals surface area contributed by atoms with Crippen LogP contribution in [0.3, 0.4) is 0 Å². The highest BCUT2D eigenvalue weighted by Gasteiger charge is 2.34. The third-order valence-electron chi connectivity index (χ3n) is 5.72. The Morgan fingerprint density at radius 2 is 1.37 bits per heavy atom.